The number of thiocarbonyl (C=S) groups is 1. The van der Waals surface area contributed by atoms with Crippen LogP contribution in [0.4, 0.5) is 0 Å². The minimum Gasteiger partial charge on any atom is -0.466 e. The van der Waals surface area contributed by atoms with E-state index in [9.17, 15) is 9.59 Å². The molecule has 1 aromatic rings. The number of hydrogen-bond donors (Lipinski definition) is 1. The van der Waals surface area contributed by atoms with Gasteiger partial charge in [-0.3, -0.25) is 10.1 Å². The maximum absolute atomic E-state index is 11.7. The Hall–Kier alpha value is -2.48. The van der Waals surface area contributed by atoms with Gasteiger partial charge in [0.15, 0.2) is 0 Å². The van der Waals surface area contributed by atoms with Crippen molar-refractivity contribution >= 4 is 34.9 Å². The molecule has 20 heavy (non-hydrogen) atoms. The number of methoxy groups -OCH3 is 1. The summed E-state index contributed by atoms with van der Waals surface area (Å²) in [6, 6.07) is 3.43. The van der Waals surface area contributed by atoms with Gasteiger partial charge in [-0.25, -0.2) is 9.80 Å². The van der Waals surface area contributed by atoms with Gasteiger partial charge in [0, 0.05) is 0 Å². The van der Waals surface area contributed by atoms with Crippen molar-refractivity contribution in [3.63, 3.8) is 0 Å². The van der Waals surface area contributed by atoms with Crippen LogP contribution in [0.1, 0.15) is 12.7 Å². The van der Waals surface area contributed by atoms with Crippen LogP contribution in [0.25, 0.3) is 0 Å². The van der Waals surface area contributed by atoms with Crippen LogP contribution in [0.3, 0.4) is 0 Å². The fourth-order valence-electron chi connectivity index (χ4n) is 1.50. The van der Waals surface area contributed by atoms with Crippen LogP contribution in [-0.4, -0.2) is 34.8 Å². The van der Waals surface area contributed by atoms with E-state index in [-0.39, 0.29) is 10.8 Å². The lowest BCUT2D eigenvalue weighted by Gasteiger charge is -2.11. The van der Waals surface area contributed by atoms with Gasteiger partial charge in [-0.05, 0) is 31.3 Å². The first kappa shape index (κ1) is 13.9. The number of nitrogens with one attached hydrogen (secondary N) is 1. The summed E-state index contributed by atoms with van der Waals surface area (Å²) in [4.78, 5) is 23.0. The second kappa shape index (κ2) is 5.66. The molecule has 0 atom stereocenters. The second-order valence-electron chi connectivity index (χ2n) is 3.79. The van der Waals surface area contributed by atoms with E-state index in [0.717, 1.165) is 11.1 Å². The van der Waals surface area contributed by atoms with Crippen molar-refractivity contribution in [1.29, 1.82) is 0 Å². The van der Waals surface area contributed by atoms with Gasteiger partial charge < -0.3 is 9.15 Å². The molecule has 7 nitrogen and oxygen atoms in total. The summed E-state index contributed by atoms with van der Waals surface area (Å²) in [6.45, 7) is 1.69. The molecule has 0 spiro atoms. The van der Waals surface area contributed by atoms with Crippen LogP contribution in [0.5, 0.6) is 0 Å². The number of carbonyl (C=O) groups excluding carboxylic acids is 2. The average Bonchev–Trinajstić information content (AvgIpc) is 3.02. The summed E-state index contributed by atoms with van der Waals surface area (Å²) in [5.74, 6) is -0.656. The van der Waals surface area contributed by atoms with Gasteiger partial charge in [0.05, 0.1) is 19.4 Å². The topological polar surface area (TPSA) is 84.1 Å². The van der Waals surface area contributed by atoms with Crippen molar-refractivity contribution in [1.82, 2.24) is 10.3 Å². The molecule has 0 aromatic carbocycles. The molecule has 2 heterocycles. The van der Waals surface area contributed by atoms with E-state index < -0.39 is 11.9 Å². The first-order chi connectivity index (χ1) is 9.52. The smallest absolute Gasteiger partial charge is 0.332 e. The molecule has 0 unspecified atom stereocenters. The molecule has 0 radical (unpaired) electrons. The van der Waals surface area contributed by atoms with Crippen molar-refractivity contribution in [2.45, 2.75) is 6.92 Å². The summed E-state index contributed by atoms with van der Waals surface area (Å²) in [5.41, 5.74) is 0.498. The van der Waals surface area contributed by atoms with Crippen molar-refractivity contribution in [2.24, 2.45) is 5.10 Å². The van der Waals surface area contributed by atoms with Crippen LogP contribution in [0, 0.1) is 0 Å². The fraction of sp³-hybridized carbons (Fsp3) is 0.167. The minimum atomic E-state index is -0.671. The van der Waals surface area contributed by atoms with Gasteiger partial charge in [0.1, 0.15) is 17.2 Å². The predicted octanol–water partition coefficient (Wildman–Crippen LogP) is 0.777. The molecule has 1 aromatic heterocycles. The Morgan fingerprint density at radius 2 is 2.35 bits per heavy atom. The van der Waals surface area contributed by atoms with E-state index in [1.54, 1.807) is 19.1 Å². The van der Waals surface area contributed by atoms with Gasteiger partial charge >= 0.3 is 5.97 Å². The zero-order chi connectivity index (χ0) is 14.7. The molecular formula is C12H11N3O4S. The lowest BCUT2D eigenvalue weighted by Crippen LogP contribution is -2.24. The van der Waals surface area contributed by atoms with Gasteiger partial charge in [-0.2, -0.15) is 5.10 Å². The van der Waals surface area contributed by atoms with E-state index in [4.69, 9.17) is 16.6 Å². The van der Waals surface area contributed by atoms with E-state index in [1.807, 2.05) is 0 Å². The number of esters is 1. The molecule has 1 N–H and O–H groups in total. The van der Waals surface area contributed by atoms with E-state index in [2.05, 4.69) is 15.2 Å². The van der Waals surface area contributed by atoms with Crippen LogP contribution < -0.4 is 5.32 Å². The molecule has 104 valence electrons. The molecule has 8 heteroatoms. The summed E-state index contributed by atoms with van der Waals surface area (Å²) in [5, 5.41) is 7.81. The summed E-state index contributed by atoms with van der Waals surface area (Å²) in [6.07, 6.45) is 2.53. The number of nitrogens with zero attached hydrogens (tertiary/aromatic N) is 2. The number of furan rings is 1. The zero-order valence-electron chi connectivity index (χ0n) is 10.7. The third kappa shape index (κ3) is 2.75. The summed E-state index contributed by atoms with van der Waals surface area (Å²) in [7, 11) is 1.21. The largest absolute Gasteiger partial charge is 0.466 e. The quantitative estimate of drug-likeness (QED) is 0.384. The summed E-state index contributed by atoms with van der Waals surface area (Å²) < 4.78 is 9.68. The molecule has 1 aliphatic rings. The molecule has 0 aliphatic carbocycles. The lowest BCUT2D eigenvalue weighted by molar-refractivity contribution is -0.135. The number of hydrogen-bond acceptors (Lipinski definition) is 6. The highest BCUT2D eigenvalue weighted by atomic mass is 32.1. The van der Waals surface area contributed by atoms with Gasteiger partial charge in [0.2, 0.25) is 5.11 Å². The number of hydrazone groups is 1. The molecule has 1 aliphatic heterocycles. The minimum absolute atomic E-state index is 0.00671. The standard InChI is InChI=1S/C12H11N3O4S/c1-7(9-4-3-5-19-9)14-15-8(6-10(16)18-2)11(17)13-12(15)20/h3-6H,1-2H3,(H,13,17,20)/b8-6+,14-7-. The average molecular weight is 293 g/mol. The maximum atomic E-state index is 11.7. The zero-order valence-corrected chi connectivity index (χ0v) is 11.6. The first-order valence-corrected chi connectivity index (χ1v) is 5.98. The monoisotopic (exact) mass is 293 g/mol. The Kier molecular flexibility index (Phi) is 3.94. The Morgan fingerprint density at radius 3 is 2.95 bits per heavy atom. The Bertz CT molecular complexity index is 619. The van der Waals surface area contributed by atoms with Crippen molar-refractivity contribution in [2.75, 3.05) is 7.11 Å². The van der Waals surface area contributed by atoms with Crippen LogP contribution in [-0.2, 0) is 14.3 Å². The van der Waals surface area contributed by atoms with E-state index >= 15 is 0 Å². The van der Waals surface area contributed by atoms with Gasteiger partial charge in [-0.1, -0.05) is 0 Å². The Labute approximate surface area is 119 Å². The number of ether oxygens (including phenoxy) is 1. The van der Waals surface area contributed by atoms with Gasteiger partial charge in [-0.15, -0.1) is 0 Å². The van der Waals surface area contributed by atoms with Crippen LogP contribution in [0.2, 0.25) is 0 Å². The Balaban J connectivity index is 2.35. The third-order valence-electron chi connectivity index (χ3n) is 2.46. The highest BCUT2D eigenvalue weighted by Gasteiger charge is 2.31. The number of amides is 1. The molecular weight excluding hydrogens is 282 g/mol. The lowest BCUT2D eigenvalue weighted by atomic mass is 10.3. The Morgan fingerprint density at radius 1 is 1.60 bits per heavy atom. The molecule has 1 fully saturated rings. The molecule has 2 rings (SSSR count). The maximum Gasteiger partial charge on any atom is 0.332 e. The fourth-order valence-corrected chi connectivity index (χ4v) is 1.73. The van der Waals surface area contributed by atoms with Crippen molar-refractivity contribution in [3.8, 4) is 0 Å². The van der Waals surface area contributed by atoms with Crippen LogP contribution in [0.15, 0.2) is 39.7 Å². The van der Waals surface area contributed by atoms with Crippen molar-refractivity contribution in [3.05, 3.63) is 35.9 Å². The second-order valence-corrected chi connectivity index (χ2v) is 4.17. The normalized spacial score (nSPS) is 17.6. The predicted molar refractivity (Wildman–Crippen MR) is 73.6 cm³/mol. The molecule has 0 saturated carbocycles. The highest BCUT2D eigenvalue weighted by molar-refractivity contribution is 7.80. The summed E-state index contributed by atoms with van der Waals surface area (Å²) >= 11 is 4.99. The molecule has 1 amide bonds. The number of rotatable bonds is 3. The SMILES string of the molecule is COC(=O)/C=C1\C(=O)NC(=S)N1/N=C(/C)c1ccco1. The van der Waals surface area contributed by atoms with E-state index in [0.29, 0.717) is 11.5 Å². The first-order valence-electron chi connectivity index (χ1n) is 5.57. The van der Waals surface area contributed by atoms with Gasteiger partial charge in [0.25, 0.3) is 5.91 Å². The molecule has 1 saturated heterocycles. The number of carbonyl (C=O) groups is 2. The highest BCUT2D eigenvalue weighted by Crippen LogP contribution is 2.15. The third-order valence-corrected chi connectivity index (χ3v) is 2.73. The van der Waals surface area contributed by atoms with Crippen molar-refractivity contribution < 1.29 is 18.7 Å². The molecule has 0 bridgehead atoms. The van der Waals surface area contributed by atoms with E-state index in [1.165, 1.54) is 13.4 Å². The van der Waals surface area contributed by atoms with Crippen LogP contribution >= 0.6 is 12.2 Å².